The second-order valence-corrected chi connectivity index (χ2v) is 5.54. The summed E-state index contributed by atoms with van der Waals surface area (Å²) in [7, 11) is 0. The molecule has 0 aliphatic heterocycles. The molecule has 0 spiro atoms. The molecule has 0 heterocycles. The van der Waals surface area contributed by atoms with Crippen molar-refractivity contribution < 1.29 is 9.53 Å². The van der Waals surface area contributed by atoms with Crippen LogP contribution in [0, 0.1) is 11.3 Å². The van der Waals surface area contributed by atoms with Gasteiger partial charge in [0.2, 0.25) is 0 Å². The minimum Gasteiger partial charge on any atom is -0.463 e. The Morgan fingerprint density at radius 3 is 2.78 bits per heavy atom. The third-order valence-corrected chi connectivity index (χ3v) is 4.24. The summed E-state index contributed by atoms with van der Waals surface area (Å²) in [6.07, 6.45) is 7.88. The zero-order chi connectivity index (χ0) is 13.8. The molecule has 1 aliphatic rings. The Labute approximate surface area is 111 Å². The largest absolute Gasteiger partial charge is 0.463 e. The summed E-state index contributed by atoms with van der Waals surface area (Å²) in [6, 6.07) is 0. The first kappa shape index (κ1) is 15.0. The highest BCUT2D eigenvalue weighted by Crippen LogP contribution is 2.44. The molecule has 2 nitrogen and oxygen atoms in total. The molecule has 0 aromatic carbocycles. The van der Waals surface area contributed by atoms with E-state index in [-0.39, 0.29) is 11.4 Å². The maximum absolute atomic E-state index is 11.7. The van der Waals surface area contributed by atoms with Crippen LogP contribution in [-0.2, 0) is 9.53 Å². The standard InChI is InChI=1S/C16H26O2/c1-6-16(5)10-8-9-12(3)14(16)11-13(4)15(17)18-7-2/h9,11,14H,6-8,10H2,1-5H3. The molecular weight excluding hydrogens is 224 g/mol. The predicted octanol–water partition coefficient (Wildman–Crippen LogP) is 4.27. The molecule has 2 heteroatoms. The maximum Gasteiger partial charge on any atom is 0.333 e. The minimum atomic E-state index is -0.186. The van der Waals surface area contributed by atoms with Crippen LogP contribution in [0.5, 0.6) is 0 Å². The van der Waals surface area contributed by atoms with Crippen molar-refractivity contribution in [1.82, 2.24) is 0 Å². The van der Waals surface area contributed by atoms with Gasteiger partial charge in [-0.05, 0) is 45.4 Å². The third kappa shape index (κ3) is 3.24. The summed E-state index contributed by atoms with van der Waals surface area (Å²) < 4.78 is 5.06. The minimum absolute atomic E-state index is 0.186. The maximum atomic E-state index is 11.7. The molecule has 102 valence electrons. The number of hydrogen-bond acceptors (Lipinski definition) is 2. The van der Waals surface area contributed by atoms with E-state index in [0.29, 0.717) is 12.5 Å². The van der Waals surface area contributed by atoms with E-state index in [1.165, 1.54) is 12.0 Å². The Morgan fingerprint density at radius 2 is 2.22 bits per heavy atom. The van der Waals surface area contributed by atoms with Crippen LogP contribution in [0.2, 0.25) is 0 Å². The van der Waals surface area contributed by atoms with Crippen LogP contribution < -0.4 is 0 Å². The van der Waals surface area contributed by atoms with Crippen LogP contribution in [0.15, 0.2) is 23.3 Å². The molecule has 1 rings (SSSR count). The van der Waals surface area contributed by atoms with E-state index in [1.807, 2.05) is 13.8 Å². The Hall–Kier alpha value is -1.05. The molecular formula is C16H26O2. The van der Waals surface area contributed by atoms with Crippen molar-refractivity contribution in [2.75, 3.05) is 6.61 Å². The number of carbonyl (C=O) groups is 1. The summed E-state index contributed by atoms with van der Waals surface area (Å²) in [5.74, 6) is 0.176. The molecule has 2 atom stereocenters. The van der Waals surface area contributed by atoms with Gasteiger partial charge in [0.25, 0.3) is 0 Å². The molecule has 0 radical (unpaired) electrons. The molecule has 0 amide bonds. The fraction of sp³-hybridized carbons (Fsp3) is 0.688. The number of carbonyl (C=O) groups excluding carboxylic acids is 1. The first-order valence-electron chi connectivity index (χ1n) is 6.96. The Balaban J connectivity index is 2.97. The van der Waals surface area contributed by atoms with Gasteiger partial charge in [-0.3, -0.25) is 0 Å². The lowest BCUT2D eigenvalue weighted by Gasteiger charge is -2.39. The van der Waals surface area contributed by atoms with Crippen molar-refractivity contribution in [2.24, 2.45) is 11.3 Å². The lowest BCUT2D eigenvalue weighted by molar-refractivity contribution is -0.138. The van der Waals surface area contributed by atoms with E-state index >= 15 is 0 Å². The van der Waals surface area contributed by atoms with Gasteiger partial charge in [0.05, 0.1) is 6.61 Å². The summed E-state index contributed by atoms with van der Waals surface area (Å²) >= 11 is 0. The third-order valence-electron chi connectivity index (χ3n) is 4.24. The van der Waals surface area contributed by atoms with Crippen molar-refractivity contribution in [1.29, 1.82) is 0 Å². The van der Waals surface area contributed by atoms with Gasteiger partial charge >= 0.3 is 5.97 Å². The Kier molecular flexibility index (Phi) is 5.18. The average Bonchev–Trinajstić information content (AvgIpc) is 2.34. The Morgan fingerprint density at radius 1 is 1.56 bits per heavy atom. The second kappa shape index (κ2) is 6.21. The highest BCUT2D eigenvalue weighted by atomic mass is 16.5. The van der Waals surface area contributed by atoms with Crippen molar-refractivity contribution in [2.45, 2.75) is 53.9 Å². The van der Waals surface area contributed by atoms with Crippen LogP contribution in [0.3, 0.4) is 0 Å². The number of rotatable bonds is 4. The molecule has 0 N–H and O–H groups in total. The molecule has 18 heavy (non-hydrogen) atoms. The average molecular weight is 250 g/mol. The molecule has 0 saturated heterocycles. The van der Waals surface area contributed by atoms with E-state index in [1.54, 1.807) is 0 Å². The fourth-order valence-corrected chi connectivity index (χ4v) is 2.75. The van der Waals surface area contributed by atoms with E-state index in [4.69, 9.17) is 4.74 Å². The van der Waals surface area contributed by atoms with Crippen molar-refractivity contribution >= 4 is 5.97 Å². The first-order chi connectivity index (χ1) is 8.44. The molecule has 1 aliphatic carbocycles. The van der Waals surface area contributed by atoms with Crippen LogP contribution in [0.4, 0.5) is 0 Å². The van der Waals surface area contributed by atoms with Crippen molar-refractivity contribution in [3.8, 4) is 0 Å². The van der Waals surface area contributed by atoms with Gasteiger partial charge < -0.3 is 4.74 Å². The van der Waals surface area contributed by atoms with Gasteiger partial charge in [-0.15, -0.1) is 0 Å². The van der Waals surface area contributed by atoms with E-state index in [2.05, 4.69) is 32.9 Å². The van der Waals surface area contributed by atoms with E-state index < -0.39 is 0 Å². The quantitative estimate of drug-likeness (QED) is 0.423. The first-order valence-corrected chi connectivity index (χ1v) is 6.96. The molecule has 2 unspecified atom stereocenters. The second-order valence-electron chi connectivity index (χ2n) is 5.54. The van der Waals surface area contributed by atoms with Crippen molar-refractivity contribution in [3.63, 3.8) is 0 Å². The smallest absolute Gasteiger partial charge is 0.333 e. The van der Waals surface area contributed by atoms with Gasteiger partial charge in [-0.1, -0.05) is 31.6 Å². The highest BCUT2D eigenvalue weighted by molar-refractivity contribution is 5.87. The van der Waals surface area contributed by atoms with Gasteiger partial charge in [0.15, 0.2) is 0 Å². The zero-order valence-electron chi connectivity index (χ0n) is 12.4. The lowest BCUT2D eigenvalue weighted by atomic mass is 9.65. The highest BCUT2D eigenvalue weighted by Gasteiger charge is 2.34. The van der Waals surface area contributed by atoms with Crippen molar-refractivity contribution in [3.05, 3.63) is 23.3 Å². The monoisotopic (exact) mass is 250 g/mol. The van der Waals surface area contributed by atoms with Gasteiger partial charge in [0.1, 0.15) is 0 Å². The van der Waals surface area contributed by atoms with Crippen LogP contribution in [-0.4, -0.2) is 12.6 Å². The summed E-state index contributed by atoms with van der Waals surface area (Å²) in [5, 5.41) is 0. The van der Waals surface area contributed by atoms with Gasteiger partial charge in [-0.2, -0.15) is 0 Å². The van der Waals surface area contributed by atoms with Crippen LogP contribution in [0.25, 0.3) is 0 Å². The fourth-order valence-electron chi connectivity index (χ4n) is 2.75. The molecule has 0 bridgehead atoms. The molecule has 0 aromatic rings. The van der Waals surface area contributed by atoms with Gasteiger partial charge in [-0.25, -0.2) is 4.79 Å². The number of hydrogen-bond donors (Lipinski definition) is 0. The molecule has 0 saturated carbocycles. The lowest BCUT2D eigenvalue weighted by Crippen LogP contribution is -2.29. The molecule has 0 fully saturated rings. The zero-order valence-corrected chi connectivity index (χ0v) is 12.4. The molecule has 0 aromatic heterocycles. The predicted molar refractivity (Wildman–Crippen MR) is 75.3 cm³/mol. The summed E-state index contributed by atoms with van der Waals surface area (Å²) in [5.41, 5.74) is 2.39. The van der Waals surface area contributed by atoms with E-state index in [0.717, 1.165) is 18.4 Å². The van der Waals surface area contributed by atoms with Crippen LogP contribution >= 0.6 is 0 Å². The normalized spacial score (nSPS) is 28.8. The van der Waals surface area contributed by atoms with Crippen LogP contribution in [0.1, 0.15) is 53.9 Å². The topological polar surface area (TPSA) is 26.3 Å². The number of ether oxygens (including phenoxy) is 1. The Bertz CT molecular complexity index is 365. The van der Waals surface area contributed by atoms with Gasteiger partial charge in [0, 0.05) is 11.5 Å². The number of allylic oxidation sites excluding steroid dienone is 3. The van der Waals surface area contributed by atoms with E-state index in [9.17, 15) is 4.79 Å². The SMILES string of the molecule is CCOC(=O)C(C)=CC1C(C)=CCCC1(C)CC. The summed E-state index contributed by atoms with van der Waals surface area (Å²) in [4.78, 5) is 11.7. The number of esters is 1. The summed E-state index contributed by atoms with van der Waals surface area (Å²) in [6.45, 7) is 10.9.